The van der Waals surface area contributed by atoms with Crippen molar-refractivity contribution in [3.63, 3.8) is 0 Å². The fourth-order valence-corrected chi connectivity index (χ4v) is 3.21. The Morgan fingerprint density at radius 2 is 0.697 bits per heavy atom. The number of benzene rings is 2. The molecule has 0 heterocycles. The normalized spacial score (nSPS) is 11.8. The van der Waals surface area contributed by atoms with Crippen LogP contribution in [0.2, 0.25) is 0 Å². The Balaban J connectivity index is -0.000000500. The van der Waals surface area contributed by atoms with E-state index in [-0.39, 0.29) is 49.4 Å². The number of aromatic hydroxyl groups is 2. The van der Waals surface area contributed by atoms with Crippen molar-refractivity contribution in [2.75, 3.05) is 0 Å². The zero-order valence-corrected chi connectivity index (χ0v) is 23.7. The third-order valence-electron chi connectivity index (χ3n) is 5.34. The molecule has 2 aromatic rings. The molecule has 33 heavy (non-hydrogen) atoms. The molecule has 193 valence electrons. The van der Waals surface area contributed by atoms with Gasteiger partial charge in [-0.05, 0) is 56.0 Å². The Kier molecular flexibility index (Phi) is 13.4. The molecule has 0 aliphatic carbocycles. The quantitative estimate of drug-likeness (QED) is 0.435. The average Bonchev–Trinajstić information content (AvgIpc) is 2.51. The zero-order chi connectivity index (χ0) is 23.7. The van der Waals surface area contributed by atoms with Crippen molar-refractivity contribution in [2.24, 2.45) is 0 Å². The fraction of sp³-hybridized carbons (Fsp3) is 0.571. The van der Waals surface area contributed by atoms with Crippen molar-refractivity contribution in [3.8, 4) is 11.5 Å². The summed E-state index contributed by atoms with van der Waals surface area (Å²) >= 11 is 0. The molecule has 5 heteroatoms. The van der Waals surface area contributed by atoms with Crippen molar-refractivity contribution in [3.05, 3.63) is 58.7 Å². The molecule has 0 atom stereocenters. The van der Waals surface area contributed by atoms with E-state index in [1.807, 2.05) is 12.1 Å². The minimum atomic E-state index is -0.00859. The number of rotatable bonds is 0. The molecule has 0 unspecified atom stereocenters. The first-order valence-corrected chi connectivity index (χ1v) is 10.9. The van der Waals surface area contributed by atoms with Crippen molar-refractivity contribution in [1.82, 2.24) is 0 Å². The van der Waals surface area contributed by atoms with Gasteiger partial charge < -0.3 is 21.2 Å². The Morgan fingerprint density at radius 1 is 0.455 bits per heavy atom. The van der Waals surface area contributed by atoms with Gasteiger partial charge >= 0.3 is 0 Å². The molecule has 0 saturated heterocycles. The number of phenols is 2. The van der Waals surface area contributed by atoms with Gasteiger partial charge in [0.1, 0.15) is 11.5 Å². The summed E-state index contributed by atoms with van der Waals surface area (Å²) in [6.07, 6.45) is 0. The van der Waals surface area contributed by atoms with Gasteiger partial charge in [0.05, 0.1) is 0 Å². The van der Waals surface area contributed by atoms with E-state index in [1.165, 1.54) is 11.1 Å². The van der Waals surface area contributed by atoms with Crippen LogP contribution < -0.4 is 0 Å². The molecule has 0 spiro atoms. The molecular formula is C28H48CoO4. The summed E-state index contributed by atoms with van der Waals surface area (Å²) in [7, 11) is 0. The van der Waals surface area contributed by atoms with Gasteiger partial charge in [-0.25, -0.2) is 0 Å². The molecule has 2 aromatic carbocycles. The van der Waals surface area contributed by atoms with Crippen LogP contribution in [0.1, 0.15) is 105 Å². The van der Waals surface area contributed by atoms with Crippen LogP contribution in [0.3, 0.4) is 0 Å². The second kappa shape index (κ2) is 12.3. The first-order chi connectivity index (χ1) is 13.2. The summed E-state index contributed by atoms with van der Waals surface area (Å²) < 4.78 is 0. The van der Waals surface area contributed by atoms with Crippen molar-refractivity contribution in [1.29, 1.82) is 0 Å². The molecule has 0 amide bonds. The van der Waals surface area contributed by atoms with Gasteiger partial charge in [0, 0.05) is 16.8 Å². The Morgan fingerprint density at radius 3 is 0.879 bits per heavy atom. The molecular weight excluding hydrogens is 459 g/mol. The maximum Gasteiger partial charge on any atom is 0.119 e. The molecule has 0 aliphatic heterocycles. The maximum absolute atomic E-state index is 9.84. The molecule has 1 radical (unpaired) electrons. The summed E-state index contributed by atoms with van der Waals surface area (Å²) in [4.78, 5) is 0. The van der Waals surface area contributed by atoms with Crippen LogP contribution in [0.25, 0.3) is 0 Å². The molecule has 0 bridgehead atoms. The zero-order valence-electron chi connectivity index (χ0n) is 22.7. The molecule has 6 N–H and O–H groups in total. The van der Waals surface area contributed by atoms with Gasteiger partial charge in [-0.3, -0.25) is 0 Å². The predicted octanol–water partition coefficient (Wildman–Crippen LogP) is 6.32. The molecule has 0 aromatic heterocycles. The van der Waals surface area contributed by atoms with E-state index in [0.717, 1.165) is 11.1 Å². The van der Waals surface area contributed by atoms with Crippen LogP contribution in [0, 0.1) is 0 Å². The number of phenolic OH excluding ortho intramolecular Hbond substituents is 2. The monoisotopic (exact) mass is 507 g/mol. The van der Waals surface area contributed by atoms with Crippen LogP contribution in [-0.4, -0.2) is 21.2 Å². The van der Waals surface area contributed by atoms with Crippen LogP contribution >= 0.6 is 0 Å². The fourth-order valence-electron chi connectivity index (χ4n) is 3.21. The predicted molar refractivity (Wildman–Crippen MR) is 138 cm³/mol. The second-order valence-corrected chi connectivity index (χ2v) is 12.5. The van der Waals surface area contributed by atoms with Gasteiger partial charge in [0.15, 0.2) is 0 Å². The van der Waals surface area contributed by atoms with Crippen molar-refractivity contribution < 1.29 is 37.9 Å². The molecule has 0 fully saturated rings. The van der Waals surface area contributed by atoms with Crippen LogP contribution in [0.15, 0.2) is 36.4 Å². The van der Waals surface area contributed by atoms with E-state index in [9.17, 15) is 10.2 Å². The number of hydrogen-bond acceptors (Lipinski definition) is 2. The largest absolute Gasteiger partial charge is 0.508 e. The third-order valence-corrected chi connectivity index (χ3v) is 5.34. The smallest absolute Gasteiger partial charge is 0.119 e. The number of hydrogen-bond donors (Lipinski definition) is 2. The van der Waals surface area contributed by atoms with Gasteiger partial charge in [-0.1, -0.05) is 107 Å². The SMILES string of the molecule is CC(C)(C)c1ccc(O)c(C(C)(C)C)c1.CC(C)(C)c1ccc(O)c(C(C)(C)C)c1.O.O.[Co]. The summed E-state index contributed by atoms with van der Waals surface area (Å²) in [5, 5.41) is 19.7. The first kappa shape index (κ1) is 36.0. The van der Waals surface area contributed by atoms with Crippen molar-refractivity contribution in [2.45, 2.75) is 105 Å². The van der Waals surface area contributed by atoms with Crippen LogP contribution in [0.5, 0.6) is 11.5 Å². The van der Waals surface area contributed by atoms with E-state index < -0.39 is 0 Å². The van der Waals surface area contributed by atoms with E-state index >= 15 is 0 Å². The summed E-state index contributed by atoms with van der Waals surface area (Å²) in [6, 6.07) is 11.9. The van der Waals surface area contributed by atoms with Gasteiger partial charge in [0.25, 0.3) is 0 Å². The topological polar surface area (TPSA) is 103 Å². The van der Waals surface area contributed by atoms with E-state index in [4.69, 9.17) is 0 Å². The van der Waals surface area contributed by atoms with E-state index in [0.29, 0.717) is 11.5 Å². The van der Waals surface area contributed by atoms with E-state index in [1.54, 1.807) is 12.1 Å². The van der Waals surface area contributed by atoms with Crippen molar-refractivity contribution >= 4 is 0 Å². The summed E-state index contributed by atoms with van der Waals surface area (Å²) in [6.45, 7) is 25.8. The molecule has 0 saturated carbocycles. The van der Waals surface area contributed by atoms with Crippen LogP contribution in [-0.2, 0) is 38.4 Å². The first-order valence-electron chi connectivity index (χ1n) is 10.9. The van der Waals surface area contributed by atoms with Crippen LogP contribution in [0.4, 0.5) is 0 Å². The van der Waals surface area contributed by atoms with E-state index in [2.05, 4.69) is 95.2 Å². The molecule has 0 aliphatic rings. The minimum absolute atomic E-state index is 0. The van der Waals surface area contributed by atoms with Gasteiger partial charge in [-0.15, -0.1) is 0 Å². The summed E-state index contributed by atoms with van der Waals surface area (Å²) in [5.74, 6) is 0.797. The molecule has 4 nitrogen and oxygen atoms in total. The Hall–Kier alpha value is -1.53. The minimum Gasteiger partial charge on any atom is -0.508 e. The Bertz CT molecular complexity index is 788. The Labute approximate surface area is 212 Å². The third kappa shape index (κ3) is 10.5. The molecule has 2 rings (SSSR count). The van der Waals surface area contributed by atoms with Gasteiger partial charge in [0.2, 0.25) is 0 Å². The standard InChI is InChI=1S/2C14H22O.Co.2H2O/c2*1-13(2,3)10-7-8-12(15)11(9-10)14(4,5)6;;;/h2*7-9,15H,1-6H3;;2*1H2. The second-order valence-electron chi connectivity index (χ2n) is 12.5. The maximum atomic E-state index is 9.84. The van der Waals surface area contributed by atoms with Gasteiger partial charge in [-0.2, -0.15) is 0 Å². The average molecular weight is 508 g/mol. The summed E-state index contributed by atoms with van der Waals surface area (Å²) in [5.41, 5.74) is 4.83.